The summed E-state index contributed by atoms with van der Waals surface area (Å²) in [6, 6.07) is 16.0. The lowest BCUT2D eigenvalue weighted by Crippen LogP contribution is -2.19. The molecule has 7 heteroatoms. The number of benzene rings is 2. The van der Waals surface area contributed by atoms with Crippen LogP contribution in [0.25, 0.3) is 0 Å². The third-order valence-corrected chi connectivity index (χ3v) is 4.25. The summed E-state index contributed by atoms with van der Waals surface area (Å²) in [6.07, 6.45) is 1.54. The van der Waals surface area contributed by atoms with E-state index in [0.717, 1.165) is 21.4 Å². The molecule has 0 spiro atoms. The lowest BCUT2D eigenvalue weighted by molar-refractivity contribution is 0.284. The van der Waals surface area contributed by atoms with Crippen molar-refractivity contribution in [3.8, 4) is 11.5 Å². The standard InChI is InChI=1S/C21H20ClN3O3/c1-14-9-20(23)25(21(26)10-14)24-12-16-5-8-18(19(11-16)27-2)28-13-15-3-6-17(22)7-4-15/h3-12H,13,23H2,1-2H3. The third kappa shape index (κ3) is 4.72. The van der Waals surface area contributed by atoms with Crippen molar-refractivity contribution in [3.05, 3.63) is 86.7 Å². The van der Waals surface area contributed by atoms with E-state index in [4.69, 9.17) is 26.8 Å². The van der Waals surface area contributed by atoms with Gasteiger partial charge < -0.3 is 15.2 Å². The van der Waals surface area contributed by atoms with Crippen LogP contribution in [-0.4, -0.2) is 18.0 Å². The fourth-order valence-electron chi connectivity index (χ4n) is 2.59. The number of ether oxygens (including phenoxy) is 2. The highest BCUT2D eigenvalue weighted by atomic mass is 35.5. The molecule has 0 aliphatic heterocycles. The number of aromatic nitrogens is 1. The first kappa shape index (κ1) is 19.5. The van der Waals surface area contributed by atoms with Gasteiger partial charge >= 0.3 is 0 Å². The van der Waals surface area contributed by atoms with Gasteiger partial charge in [-0.15, -0.1) is 0 Å². The zero-order chi connectivity index (χ0) is 20.1. The van der Waals surface area contributed by atoms with E-state index < -0.39 is 0 Å². The molecule has 0 aliphatic carbocycles. The molecule has 0 fully saturated rings. The number of halogens is 1. The molecule has 0 radical (unpaired) electrons. The molecule has 6 nitrogen and oxygen atoms in total. The van der Waals surface area contributed by atoms with Crippen molar-refractivity contribution in [2.45, 2.75) is 13.5 Å². The maximum Gasteiger partial charge on any atom is 0.273 e. The topological polar surface area (TPSA) is 78.8 Å². The number of nitrogen functional groups attached to an aromatic ring is 1. The summed E-state index contributed by atoms with van der Waals surface area (Å²) in [5.74, 6) is 1.43. The lowest BCUT2D eigenvalue weighted by atomic mass is 10.2. The van der Waals surface area contributed by atoms with E-state index in [2.05, 4.69) is 5.10 Å². The molecule has 0 bridgehead atoms. The summed E-state index contributed by atoms with van der Waals surface area (Å²) < 4.78 is 12.4. The Hall–Kier alpha value is -3.25. The number of hydrogen-bond acceptors (Lipinski definition) is 5. The second-order valence-electron chi connectivity index (χ2n) is 6.18. The molecule has 1 heterocycles. The van der Waals surface area contributed by atoms with E-state index in [-0.39, 0.29) is 11.4 Å². The average Bonchev–Trinajstić information content (AvgIpc) is 2.67. The Bertz CT molecular complexity index is 1060. The van der Waals surface area contributed by atoms with Crippen LogP contribution in [0.4, 0.5) is 5.82 Å². The smallest absolute Gasteiger partial charge is 0.273 e. The fraction of sp³-hybridized carbons (Fsp3) is 0.143. The van der Waals surface area contributed by atoms with E-state index in [1.165, 1.54) is 6.07 Å². The number of rotatable bonds is 6. The van der Waals surface area contributed by atoms with Crippen LogP contribution in [0.15, 0.2) is 64.5 Å². The van der Waals surface area contributed by atoms with Crippen LogP contribution in [0.3, 0.4) is 0 Å². The largest absolute Gasteiger partial charge is 0.493 e. The highest BCUT2D eigenvalue weighted by Gasteiger charge is 2.06. The summed E-state index contributed by atoms with van der Waals surface area (Å²) in [4.78, 5) is 12.0. The molecular weight excluding hydrogens is 378 g/mol. The summed E-state index contributed by atoms with van der Waals surface area (Å²) in [6.45, 7) is 2.19. The van der Waals surface area contributed by atoms with Crippen LogP contribution in [0.1, 0.15) is 16.7 Å². The first-order valence-corrected chi connectivity index (χ1v) is 8.93. The maximum absolute atomic E-state index is 12.0. The molecule has 0 saturated heterocycles. The molecule has 3 rings (SSSR count). The Labute approximate surface area is 167 Å². The monoisotopic (exact) mass is 397 g/mol. The van der Waals surface area contributed by atoms with Crippen molar-refractivity contribution in [3.63, 3.8) is 0 Å². The van der Waals surface area contributed by atoms with Crippen LogP contribution >= 0.6 is 11.6 Å². The number of aryl methyl sites for hydroxylation is 1. The number of nitrogens with zero attached hydrogens (tertiary/aromatic N) is 2. The summed E-state index contributed by atoms with van der Waals surface area (Å²) in [7, 11) is 1.56. The van der Waals surface area contributed by atoms with Gasteiger partial charge in [-0.2, -0.15) is 9.78 Å². The van der Waals surface area contributed by atoms with E-state index in [9.17, 15) is 4.79 Å². The Morgan fingerprint density at radius 1 is 1.11 bits per heavy atom. The predicted octanol–water partition coefficient (Wildman–Crippen LogP) is 3.86. The van der Waals surface area contributed by atoms with Crippen molar-refractivity contribution in [1.82, 2.24) is 4.68 Å². The second-order valence-corrected chi connectivity index (χ2v) is 6.61. The van der Waals surface area contributed by atoms with Crippen LogP contribution in [0, 0.1) is 6.92 Å². The maximum atomic E-state index is 12.0. The molecule has 28 heavy (non-hydrogen) atoms. The van der Waals surface area contributed by atoms with E-state index in [1.807, 2.05) is 30.3 Å². The van der Waals surface area contributed by atoms with Crippen molar-refractivity contribution in [2.75, 3.05) is 12.8 Å². The van der Waals surface area contributed by atoms with Crippen LogP contribution in [-0.2, 0) is 6.61 Å². The Morgan fingerprint density at radius 2 is 1.86 bits per heavy atom. The molecule has 2 aromatic carbocycles. The SMILES string of the molecule is COc1cc(C=Nn2c(N)cc(C)cc2=O)ccc1OCc1ccc(Cl)cc1. The molecule has 144 valence electrons. The highest BCUT2D eigenvalue weighted by Crippen LogP contribution is 2.28. The second kappa shape index (κ2) is 8.63. The quantitative estimate of drug-likeness (QED) is 0.640. The van der Waals surface area contributed by atoms with E-state index in [1.54, 1.807) is 38.4 Å². The highest BCUT2D eigenvalue weighted by molar-refractivity contribution is 6.30. The molecule has 0 atom stereocenters. The summed E-state index contributed by atoms with van der Waals surface area (Å²) in [5.41, 5.74) is 8.10. The molecule has 0 aliphatic rings. The Balaban J connectivity index is 1.77. The Kier molecular flexibility index (Phi) is 6.01. The van der Waals surface area contributed by atoms with Crippen LogP contribution < -0.4 is 20.8 Å². The minimum absolute atomic E-state index is 0.274. The van der Waals surface area contributed by atoms with Gasteiger partial charge in [-0.05, 0) is 60.0 Å². The molecule has 0 amide bonds. The average molecular weight is 398 g/mol. The number of methoxy groups -OCH3 is 1. The minimum Gasteiger partial charge on any atom is -0.493 e. The lowest BCUT2D eigenvalue weighted by Gasteiger charge is -2.11. The van der Waals surface area contributed by atoms with E-state index >= 15 is 0 Å². The first-order valence-electron chi connectivity index (χ1n) is 8.55. The normalized spacial score (nSPS) is 11.0. The van der Waals surface area contributed by atoms with Gasteiger partial charge in [0.2, 0.25) is 0 Å². The fourth-order valence-corrected chi connectivity index (χ4v) is 2.72. The molecule has 0 saturated carbocycles. The van der Waals surface area contributed by atoms with Crippen molar-refractivity contribution in [1.29, 1.82) is 0 Å². The van der Waals surface area contributed by atoms with Gasteiger partial charge in [-0.1, -0.05) is 23.7 Å². The van der Waals surface area contributed by atoms with Gasteiger partial charge in [0.05, 0.1) is 13.3 Å². The molecule has 0 unspecified atom stereocenters. The first-order chi connectivity index (χ1) is 13.5. The number of pyridine rings is 1. The van der Waals surface area contributed by atoms with Crippen molar-refractivity contribution in [2.24, 2.45) is 5.10 Å². The predicted molar refractivity (Wildman–Crippen MR) is 112 cm³/mol. The van der Waals surface area contributed by atoms with Gasteiger partial charge in [-0.25, -0.2) is 0 Å². The number of anilines is 1. The summed E-state index contributed by atoms with van der Waals surface area (Å²) in [5, 5.41) is 4.85. The summed E-state index contributed by atoms with van der Waals surface area (Å²) >= 11 is 5.89. The minimum atomic E-state index is -0.288. The molecular formula is C21H20ClN3O3. The molecule has 2 N–H and O–H groups in total. The molecule has 3 aromatic rings. The van der Waals surface area contributed by atoms with Gasteiger partial charge in [0, 0.05) is 11.1 Å². The molecule has 1 aromatic heterocycles. The van der Waals surface area contributed by atoms with Gasteiger partial charge in [0.1, 0.15) is 12.4 Å². The van der Waals surface area contributed by atoms with Crippen molar-refractivity contribution < 1.29 is 9.47 Å². The van der Waals surface area contributed by atoms with Crippen LogP contribution in [0.2, 0.25) is 5.02 Å². The van der Waals surface area contributed by atoms with Gasteiger partial charge in [0.15, 0.2) is 11.5 Å². The number of hydrogen-bond donors (Lipinski definition) is 1. The zero-order valence-corrected chi connectivity index (χ0v) is 16.3. The van der Waals surface area contributed by atoms with Crippen molar-refractivity contribution >= 4 is 23.6 Å². The number of nitrogens with two attached hydrogens (primary N) is 1. The van der Waals surface area contributed by atoms with Crippen LogP contribution in [0.5, 0.6) is 11.5 Å². The Morgan fingerprint density at radius 3 is 2.54 bits per heavy atom. The van der Waals surface area contributed by atoms with Gasteiger partial charge in [0.25, 0.3) is 5.56 Å². The van der Waals surface area contributed by atoms with Gasteiger partial charge in [-0.3, -0.25) is 4.79 Å². The zero-order valence-electron chi connectivity index (χ0n) is 15.6. The van der Waals surface area contributed by atoms with E-state index in [0.29, 0.717) is 23.1 Å². The third-order valence-electron chi connectivity index (χ3n) is 4.00.